The van der Waals surface area contributed by atoms with Gasteiger partial charge in [0.25, 0.3) is 0 Å². The minimum Gasteiger partial charge on any atom is -0.175 e. The zero-order chi connectivity index (χ0) is 8.27. The van der Waals surface area contributed by atoms with Gasteiger partial charge in [-0.3, -0.25) is 0 Å². The fourth-order valence-electron chi connectivity index (χ4n) is 1.72. The minimum absolute atomic E-state index is 0.596. The monoisotopic (exact) mass is 170 g/mol. The fraction of sp³-hybridized carbons (Fsp3) is 0.800. The highest BCUT2D eigenvalue weighted by Gasteiger charge is 2.19. The number of hydrogen-bond donors (Lipinski definition) is 1. The summed E-state index contributed by atoms with van der Waals surface area (Å²) in [6, 6.07) is 0. The molecule has 11 heavy (non-hydrogen) atoms. The van der Waals surface area contributed by atoms with Gasteiger partial charge in [0, 0.05) is 5.25 Å². The highest BCUT2D eigenvalue weighted by atomic mass is 32.1. The van der Waals surface area contributed by atoms with Crippen LogP contribution in [0.2, 0.25) is 0 Å². The Labute approximate surface area is 75.5 Å². The third-order valence-corrected chi connectivity index (χ3v) is 3.36. The van der Waals surface area contributed by atoms with E-state index in [1.807, 2.05) is 0 Å². The zero-order valence-corrected chi connectivity index (χ0v) is 8.40. The molecular formula is C10H18S. The van der Waals surface area contributed by atoms with Gasteiger partial charge in [-0.1, -0.05) is 25.5 Å². The summed E-state index contributed by atoms with van der Waals surface area (Å²) in [5.74, 6) is 0.762. The molecule has 2 atom stereocenters. The van der Waals surface area contributed by atoms with Crippen molar-refractivity contribution >= 4 is 12.6 Å². The first-order valence-corrected chi connectivity index (χ1v) is 5.17. The summed E-state index contributed by atoms with van der Waals surface area (Å²) >= 11 is 4.56. The molecule has 2 unspecified atom stereocenters. The van der Waals surface area contributed by atoms with E-state index >= 15 is 0 Å². The molecule has 0 fully saturated rings. The molecule has 1 heteroatoms. The summed E-state index contributed by atoms with van der Waals surface area (Å²) in [5.41, 5.74) is 1.64. The van der Waals surface area contributed by atoms with Crippen LogP contribution in [0, 0.1) is 5.92 Å². The molecule has 0 aromatic rings. The van der Waals surface area contributed by atoms with Crippen LogP contribution >= 0.6 is 12.6 Å². The molecule has 0 saturated heterocycles. The van der Waals surface area contributed by atoms with E-state index in [0.717, 1.165) is 5.92 Å². The van der Waals surface area contributed by atoms with Gasteiger partial charge in [-0.05, 0) is 31.6 Å². The second-order valence-corrected chi connectivity index (χ2v) is 4.02. The Morgan fingerprint density at radius 3 is 2.82 bits per heavy atom. The van der Waals surface area contributed by atoms with Crippen LogP contribution in [0.25, 0.3) is 0 Å². The number of hydrogen-bond acceptors (Lipinski definition) is 1. The fourth-order valence-corrected chi connectivity index (χ4v) is 1.96. The third kappa shape index (κ3) is 2.26. The number of rotatable bonds is 3. The van der Waals surface area contributed by atoms with E-state index < -0.39 is 0 Å². The van der Waals surface area contributed by atoms with E-state index in [2.05, 4.69) is 32.6 Å². The average Bonchev–Trinajstić information content (AvgIpc) is 2.50. The summed E-state index contributed by atoms with van der Waals surface area (Å²) in [7, 11) is 0. The molecule has 0 radical (unpaired) electrons. The van der Waals surface area contributed by atoms with Crippen molar-refractivity contribution in [3.8, 4) is 0 Å². The maximum absolute atomic E-state index is 4.56. The summed E-state index contributed by atoms with van der Waals surface area (Å²) in [6.07, 6.45) is 7.53. The van der Waals surface area contributed by atoms with Crippen molar-refractivity contribution in [1.82, 2.24) is 0 Å². The Bertz CT molecular complexity index is 149. The van der Waals surface area contributed by atoms with E-state index in [9.17, 15) is 0 Å². The Morgan fingerprint density at radius 1 is 1.64 bits per heavy atom. The van der Waals surface area contributed by atoms with Gasteiger partial charge in [-0.2, -0.15) is 12.6 Å². The van der Waals surface area contributed by atoms with Crippen molar-refractivity contribution in [2.45, 2.75) is 44.8 Å². The second kappa shape index (κ2) is 4.20. The molecular weight excluding hydrogens is 152 g/mol. The minimum atomic E-state index is 0.596. The molecule has 0 saturated carbocycles. The van der Waals surface area contributed by atoms with Crippen LogP contribution in [0.4, 0.5) is 0 Å². The summed E-state index contributed by atoms with van der Waals surface area (Å²) in [4.78, 5) is 0. The van der Waals surface area contributed by atoms with Crippen LogP contribution in [-0.2, 0) is 0 Å². The van der Waals surface area contributed by atoms with Gasteiger partial charge in [-0.15, -0.1) is 0 Å². The summed E-state index contributed by atoms with van der Waals surface area (Å²) in [6.45, 7) is 4.46. The Hall–Kier alpha value is 0.0900. The van der Waals surface area contributed by atoms with Crippen LogP contribution in [0.3, 0.4) is 0 Å². The maximum atomic E-state index is 4.56. The van der Waals surface area contributed by atoms with E-state index in [1.165, 1.54) is 25.7 Å². The van der Waals surface area contributed by atoms with Gasteiger partial charge in [0.1, 0.15) is 0 Å². The van der Waals surface area contributed by atoms with Gasteiger partial charge in [0.05, 0.1) is 0 Å². The average molecular weight is 170 g/mol. The normalized spacial score (nSPS) is 26.8. The topological polar surface area (TPSA) is 0 Å². The summed E-state index contributed by atoms with van der Waals surface area (Å²) in [5, 5.41) is 0.596. The van der Waals surface area contributed by atoms with Crippen LogP contribution in [0.5, 0.6) is 0 Å². The van der Waals surface area contributed by atoms with Gasteiger partial charge in [0.2, 0.25) is 0 Å². The standard InChI is InChI=1S/C10H18S/c1-3-8-5-6-9(7-8)10(11)4-2/h7,9-11H,3-6H2,1-2H3. The molecule has 0 heterocycles. The van der Waals surface area contributed by atoms with Gasteiger partial charge < -0.3 is 0 Å². The lowest BCUT2D eigenvalue weighted by molar-refractivity contribution is 0.586. The Kier molecular flexibility index (Phi) is 3.50. The van der Waals surface area contributed by atoms with Crippen molar-refractivity contribution in [3.05, 3.63) is 11.6 Å². The lowest BCUT2D eigenvalue weighted by Crippen LogP contribution is -2.08. The highest BCUT2D eigenvalue weighted by Crippen LogP contribution is 2.31. The molecule has 0 nitrogen and oxygen atoms in total. The predicted molar refractivity (Wildman–Crippen MR) is 54.2 cm³/mol. The molecule has 1 aliphatic carbocycles. The van der Waals surface area contributed by atoms with Gasteiger partial charge in [0.15, 0.2) is 0 Å². The molecule has 0 N–H and O–H groups in total. The zero-order valence-electron chi connectivity index (χ0n) is 7.51. The third-order valence-electron chi connectivity index (χ3n) is 2.62. The first-order valence-electron chi connectivity index (χ1n) is 4.65. The van der Waals surface area contributed by atoms with Crippen LogP contribution in [0.15, 0.2) is 11.6 Å². The van der Waals surface area contributed by atoms with E-state index in [0.29, 0.717) is 5.25 Å². The van der Waals surface area contributed by atoms with E-state index in [4.69, 9.17) is 0 Å². The number of thiol groups is 1. The first kappa shape index (κ1) is 9.18. The molecule has 0 spiro atoms. The quantitative estimate of drug-likeness (QED) is 0.487. The summed E-state index contributed by atoms with van der Waals surface area (Å²) < 4.78 is 0. The van der Waals surface area contributed by atoms with Crippen molar-refractivity contribution in [1.29, 1.82) is 0 Å². The van der Waals surface area contributed by atoms with Gasteiger partial charge >= 0.3 is 0 Å². The highest BCUT2D eigenvalue weighted by molar-refractivity contribution is 7.81. The van der Waals surface area contributed by atoms with Crippen LogP contribution in [-0.4, -0.2) is 5.25 Å². The molecule has 1 aliphatic rings. The molecule has 0 amide bonds. The van der Waals surface area contributed by atoms with Crippen molar-refractivity contribution < 1.29 is 0 Å². The predicted octanol–water partition coefficient (Wildman–Crippen LogP) is 3.44. The molecule has 0 bridgehead atoms. The lowest BCUT2D eigenvalue weighted by Gasteiger charge is -2.13. The van der Waals surface area contributed by atoms with Crippen molar-refractivity contribution in [2.75, 3.05) is 0 Å². The Morgan fingerprint density at radius 2 is 2.36 bits per heavy atom. The SMILES string of the molecule is CCC1=CC(C(S)CC)CC1. The number of allylic oxidation sites excluding steroid dienone is 2. The molecule has 0 aromatic heterocycles. The molecule has 64 valence electrons. The smallest absolute Gasteiger partial charge is 0.00772 e. The molecule has 0 aliphatic heterocycles. The van der Waals surface area contributed by atoms with Crippen LogP contribution in [0.1, 0.15) is 39.5 Å². The Balaban J connectivity index is 2.45. The van der Waals surface area contributed by atoms with Crippen LogP contribution < -0.4 is 0 Å². The first-order chi connectivity index (χ1) is 5.27. The van der Waals surface area contributed by atoms with Crippen molar-refractivity contribution in [3.63, 3.8) is 0 Å². The van der Waals surface area contributed by atoms with E-state index in [-0.39, 0.29) is 0 Å². The van der Waals surface area contributed by atoms with Crippen molar-refractivity contribution in [2.24, 2.45) is 5.92 Å². The van der Waals surface area contributed by atoms with Gasteiger partial charge in [-0.25, -0.2) is 0 Å². The molecule has 0 aromatic carbocycles. The van der Waals surface area contributed by atoms with E-state index in [1.54, 1.807) is 5.57 Å². The lowest BCUT2D eigenvalue weighted by atomic mass is 10.0. The maximum Gasteiger partial charge on any atom is 0.00772 e. The molecule has 1 rings (SSSR count). The second-order valence-electron chi connectivity index (χ2n) is 3.36. The largest absolute Gasteiger partial charge is 0.175 e.